The Labute approximate surface area is 198 Å². The number of alkyl halides is 3. The van der Waals surface area contributed by atoms with Gasteiger partial charge in [0.15, 0.2) is 0 Å². The Morgan fingerprint density at radius 3 is 2.62 bits per heavy atom. The molecule has 9 heteroatoms. The van der Waals surface area contributed by atoms with E-state index in [1.165, 1.54) is 30.3 Å². The van der Waals surface area contributed by atoms with Crippen molar-refractivity contribution in [2.45, 2.75) is 20.0 Å². The van der Waals surface area contributed by atoms with Crippen molar-refractivity contribution in [1.82, 2.24) is 4.90 Å². The fourth-order valence-electron chi connectivity index (χ4n) is 3.37. The number of ether oxygens (including phenoxy) is 1. The number of benzene rings is 2. The van der Waals surface area contributed by atoms with Crippen molar-refractivity contribution in [3.63, 3.8) is 0 Å². The number of rotatable bonds is 6. The van der Waals surface area contributed by atoms with Gasteiger partial charge in [0, 0.05) is 11.6 Å². The molecule has 4 rings (SSSR count). The van der Waals surface area contributed by atoms with Crippen LogP contribution in [0.2, 0.25) is 0 Å². The average Bonchev–Trinajstić information content (AvgIpc) is 3.35. The van der Waals surface area contributed by atoms with Crippen LogP contribution in [-0.2, 0) is 11.0 Å². The summed E-state index contributed by atoms with van der Waals surface area (Å²) in [5, 5.41) is -0.425. The Hall–Kier alpha value is -3.46. The van der Waals surface area contributed by atoms with E-state index in [-0.39, 0.29) is 35.1 Å². The molecule has 2 amide bonds. The third-order valence-electron chi connectivity index (χ3n) is 5.16. The number of hydrogen-bond donors (Lipinski definition) is 0. The van der Waals surface area contributed by atoms with Gasteiger partial charge in [-0.25, -0.2) is 0 Å². The van der Waals surface area contributed by atoms with Crippen molar-refractivity contribution in [2.75, 3.05) is 13.2 Å². The lowest BCUT2D eigenvalue weighted by Gasteiger charge is -2.14. The summed E-state index contributed by atoms with van der Waals surface area (Å²) in [6, 6.07) is 13.6. The second-order valence-corrected chi connectivity index (χ2v) is 8.72. The van der Waals surface area contributed by atoms with Gasteiger partial charge in [0.25, 0.3) is 11.1 Å². The lowest BCUT2D eigenvalue weighted by molar-refractivity contribution is -0.137. The molecule has 0 radical (unpaired) electrons. The minimum atomic E-state index is -4.47. The number of halogens is 3. The highest BCUT2D eigenvalue weighted by molar-refractivity contribution is 8.18. The first-order valence-corrected chi connectivity index (χ1v) is 11.2. The van der Waals surface area contributed by atoms with Crippen LogP contribution >= 0.6 is 11.8 Å². The van der Waals surface area contributed by atoms with Crippen molar-refractivity contribution in [1.29, 1.82) is 0 Å². The van der Waals surface area contributed by atoms with Gasteiger partial charge in [-0.05, 0) is 67.1 Å². The summed E-state index contributed by atoms with van der Waals surface area (Å²) in [7, 11) is 0. The topological polar surface area (TPSA) is 59.8 Å². The lowest BCUT2D eigenvalue weighted by atomic mass is 10.1. The van der Waals surface area contributed by atoms with Crippen molar-refractivity contribution in [2.24, 2.45) is 0 Å². The van der Waals surface area contributed by atoms with Gasteiger partial charge in [0.05, 0.1) is 17.0 Å². The van der Waals surface area contributed by atoms with Gasteiger partial charge < -0.3 is 9.15 Å². The van der Waals surface area contributed by atoms with Crippen LogP contribution in [0, 0.1) is 13.8 Å². The van der Waals surface area contributed by atoms with Gasteiger partial charge in [0.1, 0.15) is 23.9 Å². The molecule has 0 saturated carbocycles. The Balaban J connectivity index is 1.43. The predicted octanol–water partition coefficient (Wildman–Crippen LogP) is 6.70. The molecule has 0 atom stereocenters. The van der Waals surface area contributed by atoms with E-state index in [2.05, 4.69) is 0 Å². The van der Waals surface area contributed by atoms with E-state index in [1.54, 1.807) is 0 Å². The lowest BCUT2D eigenvalue weighted by Crippen LogP contribution is -2.32. The molecule has 3 aromatic rings. The van der Waals surface area contributed by atoms with Gasteiger partial charge in [-0.1, -0.05) is 24.3 Å². The Kier molecular flexibility index (Phi) is 6.56. The predicted molar refractivity (Wildman–Crippen MR) is 123 cm³/mol. The van der Waals surface area contributed by atoms with E-state index in [9.17, 15) is 22.8 Å². The van der Waals surface area contributed by atoms with Crippen LogP contribution in [0.15, 0.2) is 63.9 Å². The van der Waals surface area contributed by atoms with E-state index >= 15 is 0 Å². The molecular formula is C25H20F3NO4S. The quantitative estimate of drug-likeness (QED) is 0.362. The standard InChI is InChI=1S/C25H20F3NO4S/c1-15-6-7-16(2)21(12-15)32-11-10-29-23(30)22(34-24(29)31)14-19-8-9-20(33-19)17-4-3-5-18(13-17)25(26,27)28/h3-9,12-14H,10-11H2,1-2H3/b22-14-. The van der Waals surface area contributed by atoms with E-state index < -0.39 is 22.9 Å². The first kappa shape index (κ1) is 23.7. The summed E-state index contributed by atoms with van der Waals surface area (Å²) in [5.41, 5.74) is 1.46. The van der Waals surface area contributed by atoms with Crippen molar-refractivity contribution >= 4 is 29.0 Å². The maximum atomic E-state index is 13.0. The zero-order chi connectivity index (χ0) is 24.5. The molecule has 0 N–H and O–H groups in total. The molecule has 1 aliphatic heterocycles. The summed E-state index contributed by atoms with van der Waals surface area (Å²) < 4.78 is 50.3. The zero-order valence-corrected chi connectivity index (χ0v) is 19.1. The smallest absolute Gasteiger partial charge is 0.416 e. The Morgan fingerprint density at radius 2 is 1.85 bits per heavy atom. The third kappa shape index (κ3) is 5.20. The molecular weight excluding hydrogens is 467 g/mol. The summed E-state index contributed by atoms with van der Waals surface area (Å²) in [4.78, 5) is 26.3. The van der Waals surface area contributed by atoms with Crippen LogP contribution < -0.4 is 4.74 Å². The maximum absolute atomic E-state index is 13.0. The van der Waals surface area contributed by atoms with Crippen molar-refractivity contribution in [3.8, 4) is 17.1 Å². The van der Waals surface area contributed by atoms with Crippen LogP contribution in [0.25, 0.3) is 17.4 Å². The largest absolute Gasteiger partial charge is 0.491 e. The third-order valence-corrected chi connectivity index (χ3v) is 6.07. The summed E-state index contributed by atoms with van der Waals surface area (Å²) in [5.74, 6) is 0.694. The first-order valence-electron chi connectivity index (χ1n) is 10.3. The normalized spacial score (nSPS) is 15.4. The molecule has 0 unspecified atom stereocenters. The van der Waals surface area contributed by atoms with Crippen LogP contribution in [0.3, 0.4) is 0 Å². The van der Waals surface area contributed by atoms with E-state index in [0.717, 1.165) is 39.9 Å². The second kappa shape index (κ2) is 9.42. The molecule has 176 valence electrons. The molecule has 0 bridgehead atoms. The number of hydrogen-bond acceptors (Lipinski definition) is 5. The minimum Gasteiger partial charge on any atom is -0.491 e. The molecule has 2 heterocycles. The number of aryl methyl sites for hydroxylation is 2. The highest BCUT2D eigenvalue weighted by Crippen LogP contribution is 2.35. The molecule has 34 heavy (non-hydrogen) atoms. The fraction of sp³-hybridized carbons (Fsp3) is 0.200. The van der Waals surface area contributed by atoms with Crippen LogP contribution in [0.4, 0.5) is 18.0 Å². The first-order chi connectivity index (χ1) is 16.1. The Bertz CT molecular complexity index is 1280. The highest BCUT2D eigenvalue weighted by atomic mass is 32.2. The Morgan fingerprint density at radius 1 is 1.06 bits per heavy atom. The number of carbonyl (C=O) groups is 2. The fourth-order valence-corrected chi connectivity index (χ4v) is 4.21. The van der Waals surface area contributed by atoms with E-state index in [4.69, 9.17) is 9.15 Å². The molecule has 1 saturated heterocycles. The van der Waals surface area contributed by atoms with Gasteiger partial charge in [-0.15, -0.1) is 0 Å². The van der Waals surface area contributed by atoms with Crippen molar-refractivity contribution in [3.05, 3.63) is 82.0 Å². The number of nitrogens with zero attached hydrogens (tertiary/aromatic N) is 1. The van der Waals surface area contributed by atoms with E-state index in [0.29, 0.717) is 5.75 Å². The SMILES string of the molecule is Cc1ccc(C)c(OCCN2C(=O)S/C(=C\c3ccc(-c4cccc(C(F)(F)F)c4)o3)C2=O)c1. The van der Waals surface area contributed by atoms with Crippen LogP contribution in [0.1, 0.15) is 22.5 Å². The van der Waals surface area contributed by atoms with Gasteiger partial charge in [-0.3, -0.25) is 14.5 Å². The molecule has 1 aromatic heterocycles. The van der Waals surface area contributed by atoms with E-state index in [1.807, 2.05) is 32.0 Å². The average molecular weight is 487 g/mol. The summed E-state index contributed by atoms with van der Waals surface area (Å²) in [6.45, 7) is 4.09. The molecule has 2 aromatic carbocycles. The number of thioether (sulfide) groups is 1. The molecule has 1 aliphatic rings. The van der Waals surface area contributed by atoms with Gasteiger partial charge >= 0.3 is 6.18 Å². The summed E-state index contributed by atoms with van der Waals surface area (Å²) in [6.07, 6.45) is -3.06. The monoisotopic (exact) mass is 487 g/mol. The number of imide groups is 1. The second-order valence-electron chi connectivity index (χ2n) is 7.73. The van der Waals surface area contributed by atoms with Crippen LogP contribution in [0.5, 0.6) is 5.75 Å². The number of carbonyl (C=O) groups excluding carboxylic acids is 2. The maximum Gasteiger partial charge on any atom is 0.416 e. The number of furan rings is 1. The highest BCUT2D eigenvalue weighted by Gasteiger charge is 2.35. The number of amides is 2. The molecule has 0 spiro atoms. The van der Waals surface area contributed by atoms with Crippen molar-refractivity contribution < 1.29 is 31.9 Å². The minimum absolute atomic E-state index is 0.0863. The molecule has 0 aliphatic carbocycles. The van der Waals surface area contributed by atoms with Gasteiger partial charge in [-0.2, -0.15) is 13.2 Å². The molecule has 1 fully saturated rings. The van der Waals surface area contributed by atoms with Gasteiger partial charge in [0.2, 0.25) is 0 Å². The van der Waals surface area contributed by atoms with Crippen LogP contribution in [-0.4, -0.2) is 29.2 Å². The zero-order valence-electron chi connectivity index (χ0n) is 18.3. The molecule has 5 nitrogen and oxygen atoms in total. The summed E-state index contributed by atoms with van der Waals surface area (Å²) >= 11 is 0.774.